The summed E-state index contributed by atoms with van der Waals surface area (Å²) in [6.07, 6.45) is 0.750. The zero-order valence-corrected chi connectivity index (χ0v) is 19.0. The van der Waals surface area contributed by atoms with Gasteiger partial charge in [0.15, 0.2) is 0 Å². The molecular weight excluding hydrogens is 458 g/mol. The van der Waals surface area contributed by atoms with Crippen LogP contribution in [-0.4, -0.2) is 55.5 Å². The molecule has 0 atom stereocenters. The van der Waals surface area contributed by atoms with Crippen molar-refractivity contribution in [3.63, 3.8) is 0 Å². The zero-order valence-electron chi connectivity index (χ0n) is 18.2. The van der Waals surface area contributed by atoms with E-state index in [0.29, 0.717) is 36.7 Å². The maximum atomic E-state index is 11.0. The Labute approximate surface area is 192 Å². The Morgan fingerprint density at radius 2 is 1.73 bits per heavy atom. The highest BCUT2D eigenvalue weighted by molar-refractivity contribution is 7.19. The van der Waals surface area contributed by atoms with Gasteiger partial charge < -0.3 is 19.2 Å². The number of nitrogens with zero attached hydrogens (tertiary/aromatic N) is 5. The molecule has 0 amide bonds. The van der Waals surface area contributed by atoms with E-state index in [0.717, 1.165) is 18.0 Å². The maximum absolute atomic E-state index is 11.0. The number of carbonyl (C=O) groups excluding carboxylic acids is 2. The molecule has 178 valence electrons. The van der Waals surface area contributed by atoms with Gasteiger partial charge in [0.1, 0.15) is 19.0 Å². The lowest BCUT2D eigenvalue weighted by Crippen LogP contribution is -2.31. The van der Waals surface area contributed by atoms with Crippen molar-refractivity contribution in [3.05, 3.63) is 50.6 Å². The molecule has 1 heterocycles. The van der Waals surface area contributed by atoms with E-state index in [4.69, 9.17) is 14.3 Å². The number of benzene rings is 1. The fourth-order valence-electron chi connectivity index (χ4n) is 2.36. The molecule has 1 aromatic carbocycles. The summed E-state index contributed by atoms with van der Waals surface area (Å²) < 4.78 is 10.1. The molecule has 2 rings (SSSR count). The van der Waals surface area contributed by atoms with Crippen LogP contribution in [0.1, 0.15) is 13.8 Å². The summed E-state index contributed by atoms with van der Waals surface area (Å²) in [6, 6.07) is 7.70. The number of hydrogen-bond acceptors (Lipinski definition) is 12. The summed E-state index contributed by atoms with van der Waals surface area (Å²) >= 11 is 0.579. The van der Waals surface area contributed by atoms with E-state index in [1.165, 1.54) is 13.8 Å². The van der Waals surface area contributed by atoms with Gasteiger partial charge in [-0.2, -0.15) is 0 Å². The molecule has 0 saturated carbocycles. The van der Waals surface area contributed by atoms with Crippen LogP contribution in [-0.2, 0) is 19.1 Å². The van der Waals surface area contributed by atoms with E-state index in [1.807, 2.05) is 4.90 Å². The topological polar surface area (TPSA) is 167 Å². The predicted octanol–water partition coefficient (Wildman–Crippen LogP) is 4.20. The van der Waals surface area contributed by atoms with Gasteiger partial charge in [-0.25, -0.2) is 0 Å². The van der Waals surface area contributed by atoms with Crippen molar-refractivity contribution in [2.75, 3.05) is 38.3 Å². The number of methoxy groups -OCH3 is 1. The lowest BCUT2D eigenvalue weighted by molar-refractivity contribution is -0.389. The predicted molar refractivity (Wildman–Crippen MR) is 121 cm³/mol. The maximum Gasteiger partial charge on any atom is 0.333 e. The molecule has 0 aliphatic heterocycles. The molecule has 0 N–H and O–H groups in total. The summed E-state index contributed by atoms with van der Waals surface area (Å²) in [5.74, 6) is -0.361. The standard InChI is InChI=1S/C17H19N5O7S.C2H4O/c1-12(23)29-10-8-20(7-9-28-2)14-5-3-13(4-6-14)18-19-17-15(21(24)25)11-16(30-17)22(26)27;1-2-3/h3-6,11H,7-10H2,1-2H3;2H,1H3. The van der Waals surface area contributed by atoms with Gasteiger partial charge in [0.25, 0.3) is 0 Å². The number of aldehydes is 1. The van der Waals surface area contributed by atoms with Crippen molar-refractivity contribution in [1.29, 1.82) is 0 Å². The smallest absolute Gasteiger partial charge is 0.333 e. The first-order valence-electron chi connectivity index (χ1n) is 9.44. The molecule has 33 heavy (non-hydrogen) atoms. The first-order chi connectivity index (χ1) is 15.7. The fraction of sp³-hybridized carbons (Fsp3) is 0.368. The largest absolute Gasteiger partial charge is 0.464 e. The number of hydrogen-bond donors (Lipinski definition) is 0. The van der Waals surface area contributed by atoms with Crippen molar-refractivity contribution >= 4 is 50.7 Å². The lowest BCUT2D eigenvalue weighted by atomic mass is 10.2. The third-order valence-corrected chi connectivity index (χ3v) is 4.72. The number of esters is 1. The zero-order chi connectivity index (χ0) is 24.8. The molecule has 0 aliphatic rings. The first-order valence-corrected chi connectivity index (χ1v) is 10.3. The Bertz CT molecular complexity index is 977. The summed E-state index contributed by atoms with van der Waals surface area (Å²) in [4.78, 5) is 42.1. The van der Waals surface area contributed by atoms with E-state index < -0.39 is 15.5 Å². The van der Waals surface area contributed by atoms with Crippen LogP contribution >= 0.6 is 11.3 Å². The van der Waals surface area contributed by atoms with E-state index in [-0.39, 0.29) is 22.6 Å². The van der Waals surface area contributed by atoms with Gasteiger partial charge in [0.05, 0.1) is 28.7 Å². The highest BCUT2D eigenvalue weighted by Gasteiger charge is 2.25. The molecule has 2 aromatic rings. The van der Waals surface area contributed by atoms with Crippen LogP contribution in [0.25, 0.3) is 0 Å². The number of ether oxygens (including phenoxy) is 2. The summed E-state index contributed by atoms with van der Waals surface area (Å²) in [5, 5.41) is 29.1. The summed E-state index contributed by atoms with van der Waals surface area (Å²) in [7, 11) is 1.59. The number of anilines is 1. The first kappa shape index (κ1) is 27.3. The quantitative estimate of drug-likeness (QED) is 0.150. The summed E-state index contributed by atoms with van der Waals surface area (Å²) in [5.41, 5.74) is 0.773. The number of rotatable bonds is 11. The van der Waals surface area contributed by atoms with Crippen molar-refractivity contribution in [3.8, 4) is 0 Å². The van der Waals surface area contributed by atoms with E-state index in [1.54, 1.807) is 31.4 Å². The van der Waals surface area contributed by atoms with Crippen LogP contribution in [0, 0.1) is 20.2 Å². The van der Waals surface area contributed by atoms with Crippen molar-refractivity contribution in [1.82, 2.24) is 0 Å². The Balaban J connectivity index is 0.00000172. The minimum Gasteiger partial charge on any atom is -0.464 e. The molecular formula is C19H23N5O8S. The SMILES string of the molecule is CC=O.COCCN(CCOC(C)=O)c1ccc(N=Nc2sc([N+](=O)[O-])cc2[N+](=O)[O-])cc1. The van der Waals surface area contributed by atoms with Crippen molar-refractivity contribution in [2.24, 2.45) is 10.2 Å². The summed E-state index contributed by atoms with van der Waals surface area (Å²) in [6.45, 7) is 4.52. The van der Waals surface area contributed by atoms with Crippen LogP contribution < -0.4 is 4.90 Å². The van der Waals surface area contributed by atoms with Crippen molar-refractivity contribution < 1.29 is 28.9 Å². The molecule has 0 aliphatic carbocycles. The Morgan fingerprint density at radius 3 is 2.24 bits per heavy atom. The van der Waals surface area contributed by atoms with E-state index >= 15 is 0 Å². The second kappa shape index (κ2) is 14.3. The third kappa shape index (κ3) is 9.49. The van der Waals surface area contributed by atoms with E-state index in [2.05, 4.69) is 10.2 Å². The van der Waals surface area contributed by atoms with Crippen LogP contribution in [0.15, 0.2) is 40.6 Å². The van der Waals surface area contributed by atoms with Gasteiger partial charge in [0.2, 0.25) is 5.00 Å². The van der Waals surface area contributed by atoms with Gasteiger partial charge in [-0.1, -0.05) is 0 Å². The van der Waals surface area contributed by atoms with E-state index in [9.17, 15) is 25.0 Å². The normalized spacial score (nSPS) is 10.3. The van der Waals surface area contributed by atoms with Crippen molar-refractivity contribution in [2.45, 2.75) is 13.8 Å². The Hall–Kier alpha value is -3.78. The highest BCUT2D eigenvalue weighted by Crippen LogP contribution is 2.41. The number of thiophene rings is 1. The minimum absolute atomic E-state index is 0.154. The number of carbonyl (C=O) groups is 2. The second-order valence-electron chi connectivity index (χ2n) is 6.06. The van der Waals surface area contributed by atoms with Gasteiger partial charge in [-0.3, -0.25) is 25.0 Å². The van der Waals surface area contributed by atoms with Crippen LogP contribution in [0.2, 0.25) is 0 Å². The lowest BCUT2D eigenvalue weighted by Gasteiger charge is -2.24. The second-order valence-corrected chi connectivity index (χ2v) is 7.07. The van der Waals surface area contributed by atoms with Gasteiger partial charge >= 0.3 is 16.7 Å². The number of nitro groups is 2. The molecule has 13 nitrogen and oxygen atoms in total. The molecule has 14 heteroatoms. The van der Waals surface area contributed by atoms with Crippen LogP contribution in [0.5, 0.6) is 0 Å². The molecule has 0 unspecified atom stereocenters. The van der Waals surface area contributed by atoms with Gasteiger partial charge in [0, 0.05) is 26.3 Å². The van der Waals surface area contributed by atoms with Gasteiger partial charge in [-0.15, -0.1) is 10.2 Å². The Morgan fingerprint density at radius 1 is 1.12 bits per heavy atom. The fourth-order valence-corrected chi connectivity index (χ4v) is 3.12. The van der Waals surface area contributed by atoms with Crippen LogP contribution in [0.3, 0.4) is 0 Å². The molecule has 1 aromatic heterocycles. The highest BCUT2D eigenvalue weighted by atomic mass is 32.1. The average molecular weight is 481 g/mol. The molecule has 0 radical (unpaired) electrons. The third-order valence-electron chi connectivity index (χ3n) is 3.76. The monoisotopic (exact) mass is 481 g/mol. The average Bonchev–Trinajstić information content (AvgIpc) is 3.20. The molecule has 0 spiro atoms. The Kier molecular flexibility index (Phi) is 11.8. The van der Waals surface area contributed by atoms with Crippen LogP contribution in [0.4, 0.5) is 27.1 Å². The molecule has 0 fully saturated rings. The minimum atomic E-state index is -0.738. The number of azo groups is 1. The van der Waals surface area contributed by atoms with Gasteiger partial charge in [-0.05, 0) is 42.5 Å². The molecule has 0 saturated heterocycles. The molecule has 0 bridgehead atoms.